The number of carbonyl (C=O) groups is 12. The quantitative estimate of drug-likeness (QED) is 0.0692. The maximum atomic E-state index is 16.2. The molecule has 3 aliphatic heterocycles. The van der Waals surface area contributed by atoms with E-state index in [9.17, 15) is 52.6 Å². The van der Waals surface area contributed by atoms with E-state index < -0.39 is 199 Å². The van der Waals surface area contributed by atoms with Crippen LogP contribution in [0.3, 0.4) is 0 Å². The Balaban J connectivity index is 1.10. The minimum Gasteiger partial charge on any atom is -0.497 e. The van der Waals surface area contributed by atoms with Gasteiger partial charge in [0.2, 0.25) is 53.2 Å². The van der Waals surface area contributed by atoms with Crippen molar-refractivity contribution in [2.75, 3.05) is 26.7 Å². The molecule has 12 atom stereocenters. The molecule has 5 heterocycles. The van der Waals surface area contributed by atoms with E-state index >= 15 is 23.2 Å². The van der Waals surface area contributed by atoms with Crippen LogP contribution in [0.15, 0.2) is 97.3 Å². The van der Waals surface area contributed by atoms with Gasteiger partial charge in [0, 0.05) is 110 Å². The fraction of sp³-hybridized carbons (Fsp3) is 0.467. The normalized spacial score (nSPS) is 25.5. The summed E-state index contributed by atoms with van der Waals surface area (Å²) in [5.74, 6) is -14.7. The van der Waals surface area contributed by atoms with Crippen LogP contribution in [-0.2, 0) is 89.8 Å². The van der Waals surface area contributed by atoms with Gasteiger partial charge in [-0.05, 0) is 142 Å². The number of halogens is 3. The molecule has 0 saturated carbocycles. The minimum absolute atomic E-state index is 0.00732. The summed E-state index contributed by atoms with van der Waals surface area (Å²) in [6.07, 6.45) is -3.56. The summed E-state index contributed by atoms with van der Waals surface area (Å²) >= 11 is 0. The lowest BCUT2D eigenvalue weighted by atomic mass is 9.88. The van der Waals surface area contributed by atoms with Crippen LogP contribution in [-0.4, -0.2) is 176 Å². The third-order valence-corrected chi connectivity index (χ3v) is 20.1. The molecule has 0 bridgehead atoms. The summed E-state index contributed by atoms with van der Waals surface area (Å²) in [4.78, 5) is 183. The number of aromatic amines is 2. The minimum atomic E-state index is -1.88. The number of hydrogen-bond acceptors (Lipinski definition) is 15. The van der Waals surface area contributed by atoms with E-state index in [1.165, 1.54) is 81.6 Å². The smallest absolute Gasteiger partial charge is 0.246 e. The highest BCUT2D eigenvalue weighted by atomic mass is 19.1. The average molecular weight is 1440 g/mol. The molecule has 4 aromatic carbocycles. The van der Waals surface area contributed by atoms with Crippen molar-refractivity contribution >= 4 is 92.3 Å². The number of benzene rings is 4. The number of amides is 9. The number of methoxy groups -OCH3 is 1. The number of ether oxygens (including phenoxy) is 1. The zero-order valence-corrected chi connectivity index (χ0v) is 58.8. The number of carbonyl (C=O) groups excluding carboxylic acids is 12. The Bertz CT molecular complexity index is 4200. The molecular weight excluding hydrogens is 1350 g/mol. The Morgan fingerprint density at radius 3 is 1.97 bits per heavy atom. The van der Waals surface area contributed by atoms with Crippen molar-refractivity contribution in [2.24, 2.45) is 29.2 Å². The van der Waals surface area contributed by atoms with Crippen molar-refractivity contribution in [3.8, 4) is 5.75 Å². The largest absolute Gasteiger partial charge is 0.497 e. The van der Waals surface area contributed by atoms with Crippen LogP contribution >= 0.6 is 0 Å². The first kappa shape index (κ1) is 77.9. The van der Waals surface area contributed by atoms with Gasteiger partial charge in [0.05, 0.1) is 38.3 Å². The number of primary amides is 1. The van der Waals surface area contributed by atoms with Crippen LogP contribution in [0, 0.1) is 29.4 Å². The van der Waals surface area contributed by atoms with Crippen LogP contribution in [0.4, 0.5) is 13.2 Å². The monoisotopic (exact) mass is 1440 g/mol. The molecular formula is C75H91F3N12O14. The number of H-pyrrole nitrogens is 2. The van der Waals surface area contributed by atoms with E-state index in [4.69, 9.17) is 16.2 Å². The van der Waals surface area contributed by atoms with Gasteiger partial charge < -0.3 is 73.0 Å². The third kappa shape index (κ3) is 19.3. The van der Waals surface area contributed by atoms with Crippen molar-refractivity contribution in [1.29, 1.82) is 0 Å². The molecule has 29 heteroatoms. The van der Waals surface area contributed by atoms with Gasteiger partial charge in [0.15, 0.2) is 17.3 Å². The molecule has 2 saturated heterocycles. The van der Waals surface area contributed by atoms with Crippen molar-refractivity contribution in [3.05, 3.63) is 137 Å². The Labute approximate surface area is 598 Å². The molecule has 9 amide bonds. The average Bonchev–Trinajstić information content (AvgIpc) is 1.61. The summed E-state index contributed by atoms with van der Waals surface area (Å²) in [6.45, 7) is 4.51. The fourth-order valence-electron chi connectivity index (χ4n) is 14.2. The highest BCUT2D eigenvalue weighted by Gasteiger charge is 2.50. The summed E-state index contributed by atoms with van der Waals surface area (Å²) in [7, 11) is 1.46. The first-order valence-electron chi connectivity index (χ1n) is 35.0. The molecule has 3 aliphatic rings. The molecule has 2 fully saturated rings. The number of rotatable bonds is 14. The van der Waals surface area contributed by atoms with E-state index in [1.807, 2.05) is 0 Å². The number of alkyl halides is 1. The van der Waals surface area contributed by atoms with Gasteiger partial charge in [0.25, 0.3) is 0 Å². The highest BCUT2D eigenvalue weighted by Crippen LogP contribution is 2.35. The molecule has 9 rings (SSSR count). The lowest BCUT2D eigenvalue weighted by Crippen LogP contribution is -2.60. The maximum absolute atomic E-state index is 16.2. The Morgan fingerprint density at radius 2 is 1.35 bits per heavy atom. The Morgan fingerprint density at radius 1 is 0.721 bits per heavy atom. The SMILES string of the molecule is COc1ccc(C[C@@H]2CC(=O)[C@H]([C@@H](C)O)NC(=O)[C@@H]3C[C@H](F)CN3C(=O)[C@H](Cc3c[nH]c4ccc(F)cc34)NC(=O)[C@H](Cc3c[nH]c4ccc(F)cc34)CC(=O)[C@@H](C)NC(=O)[C@H](CCCCN)CC(=O)[C@@H](NC(C)=O)CC(=O)NCc3ccccc3C[C@@H](C(N)=O)NC(=O)[C@]3(C)CCCN3C2=O)cc1. The standard InChI is InChI=1S/C75H91F3N12O14/c1-40-63(93)30-47(26-49-37-81-57-20-16-51(76)32-55(49)57)70(99)86-61(28-50-38-82-58-21-17-52(77)33-56(50)58)73(102)89-39-53(78)34-62(89)71(100)88-67(41(2)91)65(95)31-48(25-43-14-18-54(104-5)19-15-43)72(101)90-24-10-22-75(90,4)74(103)87-60(68(80)97)27-44-11-6-7-13-46(44)36-83-66(96)35-59(85-42(3)92)64(94)29-45(69(98)84-40)12-8-9-23-79/h6-7,11,13-21,32-33,37-38,40-41,45,47-48,53,59-62,67,81-82,91H,8-10,12,22-31,34-36,39,79H2,1-5H3,(H2,80,97)(H,83,96)(H,84,98)(H,85,92)(H,86,99)(H,87,103)(H,88,100)/t40-,41-,45-,47-,48-,53+,59+,60+,61+,62+,67+,75+/m1/s1. The summed E-state index contributed by atoms with van der Waals surface area (Å²) in [5, 5.41) is 28.0. The van der Waals surface area contributed by atoms with E-state index in [0.717, 1.165) is 11.8 Å². The van der Waals surface area contributed by atoms with E-state index in [0.29, 0.717) is 57.3 Å². The summed E-state index contributed by atoms with van der Waals surface area (Å²) in [6, 6.07) is 11.4. The predicted molar refractivity (Wildman–Crippen MR) is 376 cm³/mol. The second kappa shape index (κ2) is 34.8. The summed E-state index contributed by atoms with van der Waals surface area (Å²) < 4.78 is 51.6. The third-order valence-electron chi connectivity index (χ3n) is 20.1. The predicted octanol–water partition coefficient (Wildman–Crippen LogP) is 3.73. The number of nitrogens with zero attached hydrogens (tertiary/aromatic N) is 2. The molecule has 26 nitrogen and oxygen atoms in total. The molecule has 0 radical (unpaired) electrons. The number of unbranched alkanes of at least 4 members (excludes halogenated alkanes) is 1. The zero-order chi connectivity index (χ0) is 75.3. The number of aromatic nitrogens is 2. The topological polar surface area (TPSA) is 397 Å². The number of hydrogen-bond donors (Lipinski definition) is 11. The van der Waals surface area contributed by atoms with Gasteiger partial charge in [-0.1, -0.05) is 42.8 Å². The second-order valence-corrected chi connectivity index (χ2v) is 27.7. The molecule has 0 unspecified atom stereocenters. The lowest BCUT2D eigenvalue weighted by molar-refractivity contribution is -0.149. The maximum Gasteiger partial charge on any atom is 0.246 e. The fourth-order valence-corrected chi connectivity index (χ4v) is 14.2. The number of Topliss-reactive ketones (excluding diaryl/α,β-unsaturated/α-hetero) is 3. The van der Waals surface area contributed by atoms with Crippen LogP contribution < -0.4 is 48.1 Å². The Kier molecular flexibility index (Phi) is 26.0. The Hall–Kier alpha value is -10.3. The lowest BCUT2D eigenvalue weighted by Gasteiger charge is -2.37. The number of aliphatic hydroxyl groups is 1. The molecule has 2 aromatic heterocycles. The molecule has 13 N–H and O–H groups in total. The molecule has 6 aromatic rings. The molecule has 0 aliphatic carbocycles. The van der Waals surface area contributed by atoms with Gasteiger partial charge in [-0.25, -0.2) is 13.2 Å². The number of aliphatic hydroxyl groups excluding tert-OH is 1. The van der Waals surface area contributed by atoms with Crippen LogP contribution in [0.5, 0.6) is 5.75 Å². The van der Waals surface area contributed by atoms with Gasteiger partial charge in [-0.2, -0.15) is 0 Å². The van der Waals surface area contributed by atoms with Crippen LogP contribution in [0.2, 0.25) is 0 Å². The number of nitrogens with two attached hydrogens (primary N) is 2. The van der Waals surface area contributed by atoms with Crippen molar-refractivity contribution < 1.29 is 80.5 Å². The molecule has 0 spiro atoms. The summed E-state index contributed by atoms with van der Waals surface area (Å²) in [5.41, 5.74) is 13.1. The van der Waals surface area contributed by atoms with Crippen molar-refractivity contribution in [2.45, 2.75) is 178 Å². The number of nitrogens with one attached hydrogen (secondary N) is 8. The number of fused-ring (bicyclic) bond motifs is 5. The van der Waals surface area contributed by atoms with Gasteiger partial charge in [-0.3, -0.25) is 57.5 Å². The first-order chi connectivity index (χ1) is 49.5. The van der Waals surface area contributed by atoms with Crippen molar-refractivity contribution in [3.63, 3.8) is 0 Å². The highest BCUT2D eigenvalue weighted by molar-refractivity contribution is 6.01. The second-order valence-electron chi connectivity index (χ2n) is 27.7. The molecule has 104 heavy (non-hydrogen) atoms. The number of ketones is 3. The van der Waals surface area contributed by atoms with Gasteiger partial charge >= 0.3 is 0 Å². The van der Waals surface area contributed by atoms with Crippen molar-refractivity contribution in [1.82, 2.24) is 51.7 Å². The van der Waals surface area contributed by atoms with Crippen LogP contribution in [0.1, 0.15) is 120 Å². The van der Waals surface area contributed by atoms with E-state index in [-0.39, 0.29) is 69.1 Å². The first-order valence-corrected chi connectivity index (χ1v) is 35.0. The van der Waals surface area contributed by atoms with E-state index in [2.05, 4.69) is 41.9 Å². The van der Waals surface area contributed by atoms with E-state index in [1.54, 1.807) is 48.5 Å². The zero-order valence-electron chi connectivity index (χ0n) is 58.8. The van der Waals surface area contributed by atoms with Gasteiger partial charge in [0.1, 0.15) is 53.3 Å². The van der Waals surface area contributed by atoms with Crippen LogP contribution in [0.25, 0.3) is 21.8 Å². The molecule has 556 valence electrons. The van der Waals surface area contributed by atoms with Gasteiger partial charge in [-0.15, -0.1) is 0 Å².